The summed E-state index contributed by atoms with van der Waals surface area (Å²) >= 11 is 5.75. The normalized spacial score (nSPS) is 12.6. The summed E-state index contributed by atoms with van der Waals surface area (Å²) in [6, 6.07) is 6.73. The smallest absolute Gasteiger partial charge is 0.244 e. The number of carbonyl (C=O) groups is 1. The third kappa shape index (κ3) is 5.31. The molecule has 98 valence electrons. The molecule has 1 atom stereocenters. The second kappa shape index (κ2) is 7.87. The van der Waals surface area contributed by atoms with Gasteiger partial charge in [-0.25, -0.2) is 0 Å². The van der Waals surface area contributed by atoms with Gasteiger partial charge in [-0.05, 0) is 23.8 Å². The zero-order chi connectivity index (χ0) is 13.4. The van der Waals surface area contributed by atoms with Crippen LogP contribution in [-0.4, -0.2) is 37.4 Å². The molecule has 0 aromatic heterocycles. The van der Waals surface area contributed by atoms with E-state index in [1.165, 1.54) is 13.2 Å². The molecule has 5 heteroatoms. The Bertz CT molecular complexity index is 403. The molecule has 0 fully saturated rings. The van der Waals surface area contributed by atoms with Crippen LogP contribution in [0.5, 0.6) is 0 Å². The second-order valence-electron chi connectivity index (χ2n) is 3.73. The molecule has 1 amide bonds. The zero-order valence-electron chi connectivity index (χ0n) is 10.1. The van der Waals surface area contributed by atoms with Crippen molar-refractivity contribution in [1.29, 1.82) is 0 Å². The average molecular weight is 270 g/mol. The van der Waals surface area contributed by atoms with Crippen LogP contribution in [0.25, 0.3) is 6.08 Å². The van der Waals surface area contributed by atoms with Gasteiger partial charge in [0.25, 0.3) is 0 Å². The van der Waals surface area contributed by atoms with Crippen LogP contribution in [0, 0.1) is 0 Å². The quantitative estimate of drug-likeness (QED) is 0.769. The highest BCUT2D eigenvalue weighted by Gasteiger charge is 2.08. The molecule has 1 aromatic carbocycles. The maximum absolute atomic E-state index is 11.5. The van der Waals surface area contributed by atoms with Crippen LogP contribution in [0.15, 0.2) is 30.3 Å². The summed E-state index contributed by atoms with van der Waals surface area (Å²) in [5.74, 6) is -0.277. The van der Waals surface area contributed by atoms with E-state index in [0.717, 1.165) is 5.56 Å². The first kappa shape index (κ1) is 14.7. The summed E-state index contributed by atoms with van der Waals surface area (Å²) in [5, 5.41) is 12.3. The first-order chi connectivity index (χ1) is 8.65. The number of benzene rings is 1. The topological polar surface area (TPSA) is 58.6 Å². The molecule has 2 N–H and O–H groups in total. The molecular weight excluding hydrogens is 254 g/mol. The number of amides is 1. The number of hydrogen-bond donors (Lipinski definition) is 2. The molecule has 0 aliphatic rings. The highest BCUT2D eigenvalue weighted by Crippen LogP contribution is 2.10. The molecule has 0 bridgehead atoms. The predicted octanol–water partition coefficient (Wildman–Crippen LogP) is 1.48. The fourth-order valence-electron chi connectivity index (χ4n) is 1.34. The number of hydrogen-bond acceptors (Lipinski definition) is 3. The van der Waals surface area contributed by atoms with Gasteiger partial charge in [0.2, 0.25) is 5.91 Å². The minimum absolute atomic E-state index is 0.158. The Hall–Kier alpha value is -1.36. The zero-order valence-corrected chi connectivity index (χ0v) is 10.9. The molecule has 1 rings (SSSR count). The fraction of sp³-hybridized carbons (Fsp3) is 0.308. The lowest BCUT2D eigenvalue weighted by Gasteiger charge is -2.13. The van der Waals surface area contributed by atoms with Crippen LogP contribution in [0.1, 0.15) is 5.56 Å². The van der Waals surface area contributed by atoms with E-state index in [1.54, 1.807) is 18.2 Å². The summed E-state index contributed by atoms with van der Waals surface area (Å²) in [7, 11) is 1.51. The van der Waals surface area contributed by atoms with Crippen molar-refractivity contribution in [1.82, 2.24) is 5.32 Å². The van der Waals surface area contributed by atoms with Gasteiger partial charge >= 0.3 is 0 Å². The Morgan fingerprint density at radius 2 is 2.17 bits per heavy atom. The maximum atomic E-state index is 11.5. The number of aliphatic hydroxyl groups excluding tert-OH is 1. The van der Waals surface area contributed by atoms with Crippen LogP contribution in [0.2, 0.25) is 5.02 Å². The van der Waals surface area contributed by atoms with Crippen molar-refractivity contribution in [2.75, 3.05) is 20.3 Å². The van der Waals surface area contributed by atoms with Crippen molar-refractivity contribution < 1.29 is 14.6 Å². The van der Waals surface area contributed by atoms with Crippen molar-refractivity contribution in [2.24, 2.45) is 0 Å². The maximum Gasteiger partial charge on any atom is 0.244 e. The number of carbonyl (C=O) groups excluding carboxylic acids is 1. The van der Waals surface area contributed by atoms with Crippen LogP contribution in [0.3, 0.4) is 0 Å². The van der Waals surface area contributed by atoms with Crippen molar-refractivity contribution in [3.05, 3.63) is 40.9 Å². The Labute approximate surface area is 111 Å². The lowest BCUT2D eigenvalue weighted by molar-refractivity contribution is -0.117. The number of rotatable bonds is 6. The molecule has 0 radical (unpaired) electrons. The standard InChI is InChI=1S/C13H16ClNO3/c1-18-9-12(8-16)15-13(17)7-4-10-2-5-11(14)6-3-10/h2-7,12,16H,8-9H2,1H3,(H,15,17)/b7-4+. The second-order valence-corrected chi connectivity index (χ2v) is 4.16. The van der Waals surface area contributed by atoms with Gasteiger partial charge in [-0.15, -0.1) is 0 Å². The van der Waals surface area contributed by atoms with Crippen molar-refractivity contribution in [2.45, 2.75) is 6.04 Å². The molecule has 18 heavy (non-hydrogen) atoms. The lowest BCUT2D eigenvalue weighted by Crippen LogP contribution is -2.39. The van der Waals surface area contributed by atoms with E-state index in [9.17, 15) is 4.79 Å². The molecule has 0 saturated heterocycles. The first-order valence-electron chi connectivity index (χ1n) is 5.49. The number of halogens is 1. The van der Waals surface area contributed by atoms with Gasteiger partial charge in [0.1, 0.15) is 0 Å². The number of ether oxygens (including phenoxy) is 1. The third-order valence-electron chi connectivity index (χ3n) is 2.23. The van der Waals surface area contributed by atoms with Crippen LogP contribution in [0.4, 0.5) is 0 Å². The van der Waals surface area contributed by atoms with Crippen molar-refractivity contribution >= 4 is 23.6 Å². The molecule has 1 aromatic rings. The summed E-state index contributed by atoms with van der Waals surface area (Å²) in [5.41, 5.74) is 0.877. The van der Waals surface area contributed by atoms with E-state index in [1.807, 2.05) is 12.1 Å². The molecule has 1 unspecified atom stereocenters. The SMILES string of the molecule is COCC(CO)NC(=O)/C=C/c1ccc(Cl)cc1. The molecule has 4 nitrogen and oxygen atoms in total. The predicted molar refractivity (Wildman–Crippen MR) is 71.4 cm³/mol. The number of aliphatic hydroxyl groups is 1. The van der Waals surface area contributed by atoms with E-state index in [-0.39, 0.29) is 19.1 Å². The molecular formula is C13H16ClNO3. The highest BCUT2D eigenvalue weighted by atomic mass is 35.5. The monoisotopic (exact) mass is 269 g/mol. The average Bonchev–Trinajstić information content (AvgIpc) is 2.37. The van der Waals surface area contributed by atoms with Crippen LogP contribution in [-0.2, 0) is 9.53 Å². The van der Waals surface area contributed by atoms with E-state index in [4.69, 9.17) is 21.4 Å². The lowest BCUT2D eigenvalue weighted by atomic mass is 10.2. The molecule has 0 saturated carbocycles. The van der Waals surface area contributed by atoms with Gasteiger partial charge < -0.3 is 15.2 Å². The molecule has 0 aliphatic carbocycles. The number of methoxy groups -OCH3 is 1. The molecule has 0 heterocycles. The van der Waals surface area contributed by atoms with Gasteiger partial charge in [0.05, 0.1) is 19.3 Å². The number of nitrogens with one attached hydrogen (secondary N) is 1. The Morgan fingerprint density at radius 1 is 1.50 bits per heavy atom. The highest BCUT2D eigenvalue weighted by molar-refractivity contribution is 6.30. The van der Waals surface area contributed by atoms with E-state index in [2.05, 4.69) is 5.32 Å². The van der Waals surface area contributed by atoms with E-state index >= 15 is 0 Å². The molecule has 0 aliphatic heterocycles. The van der Waals surface area contributed by atoms with E-state index < -0.39 is 6.04 Å². The Morgan fingerprint density at radius 3 is 2.72 bits per heavy atom. The van der Waals surface area contributed by atoms with Gasteiger partial charge in [0.15, 0.2) is 0 Å². The van der Waals surface area contributed by atoms with Gasteiger partial charge in [-0.1, -0.05) is 23.7 Å². The Kier molecular flexibility index (Phi) is 6.43. The Balaban J connectivity index is 2.50. The molecule has 0 spiro atoms. The minimum Gasteiger partial charge on any atom is -0.394 e. The van der Waals surface area contributed by atoms with Gasteiger partial charge in [0, 0.05) is 18.2 Å². The fourth-order valence-corrected chi connectivity index (χ4v) is 1.46. The first-order valence-corrected chi connectivity index (χ1v) is 5.87. The summed E-state index contributed by atoms with van der Waals surface area (Å²) in [6.45, 7) is 0.116. The van der Waals surface area contributed by atoms with Gasteiger partial charge in [-0.2, -0.15) is 0 Å². The largest absolute Gasteiger partial charge is 0.394 e. The summed E-state index contributed by atoms with van der Waals surface area (Å²) in [4.78, 5) is 11.5. The van der Waals surface area contributed by atoms with Crippen LogP contribution >= 0.6 is 11.6 Å². The minimum atomic E-state index is -0.391. The summed E-state index contributed by atoms with van der Waals surface area (Å²) in [6.07, 6.45) is 3.08. The third-order valence-corrected chi connectivity index (χ3v) is 2.48. The summed E-state index contributed by atoms with van der Waals surface area (Å²) < 4.78 is 4.86. The van der Waals surface area contributed by atoms with Gasteiger partial charge in [-0.3, -0.25) is 4.79 Å². The van der Waals surface area contributed by atoms with Crippen LogP contribution < -0.4 is 5.32 Å². The van der Waals surface area contributed by atoms with E-state index in [0.29, 0.717) is 5.02 Å². The van der Waals surface area contributed by atoms with Crippen molar-refractivity contribution in [3.8, 4) is 0 Å². The van der Waals surface area contributed by atoms with Crippen molar-refractivity contribution in [3.63, 3.8) is 0 Å².